The Kier molecular flexibility index (Phi) is 5.95. The number of amides is 1. The third kappa shape index (κ3) is 4.70. The van der Waals surface area contributed by atoms with Gasteiger partial charge in [-0.3, -0.25) is 14.9 Å². The molecule has 22 heavy (non-hydrogen) atoms. The van der Waals surface area contributed by atoms with Crippen molar-refractivity contribution in [3.05, 3.63) is 33.9 Å². The largest absolute Gasteiger partial charge is 0.273 e. The number of nitro groups is 1. The Bertz CT molecular complexity index is 686. The lowest BCUT2D eigenvalue weighted by Crippen LogP contribution is -2.36. The van der Waals surface area contributed by atoms with E-state index in [1.165, 1.54) is 30.8 Å². The highest BCUT2D eigenvalue weighted by Crippen LogP contribution is 2.22. The molecule has 0 aliphatic heterocycles. The van der Waals surface area contributed by atoms with Gasteiger partial charge in [-0.2, -0.15) is 0 Å². The van der Waals surface area contributed by atoms with E-state index < -0.39 is 26.1 Å². The van der Waals surface area contributed by atoms with Crippen molar-refractivity contribution in [3.8, 4) is 0 Å². The number of hydrogen-bond acceptors (Lipinski definition) is 6. The van der Waals surface area contributed by atoms with Crippen molar-refractivity contribution in [1.82, 2.24) is 4.72 Å². The molecule has 1 amide bonds. The second kappa shape index (κ2) is 7.10. The van der Waals surface area contributed by atoms with Crippen molar-refractivity contribution in [2.75, 3.05) is 0 Å². The second-order valence-corrected chi connectivity index (χ2v) is 8.58. The number of carbonyl (C=O) groups excluding carboxylic acids is 1. The number of sulfonamides is 1. The number of nitro benzene ring substituents is 1. The smallest absolute Gasteiger partial charge is 0.270 e. The molecule has 0 aromatic heterocycles. The predicted molar refractivity (Wildman–Crippen MR) is 85.4 cm³/mol. The van der Waals surface area contributed by atoms with Crippen LogP contribution in [-0.2, 0) is 14.8 Å². The highest BCUT2D eigenvalue weighted by Gasteiger charge is 2.25. The number of non-ortho nitro benzene ring substituents is 1. The number of thioether (sulfide) groups is 1. The van der Waals surface area contributed by atoms with Crippen molar-refractivity contribution < 1.29 is 18.1 Å². The SMILES string of the molecule is Cc1ccc([N+](=O)[O-])cc1S(=O)(=O)NC(=O)[C@H](C)SC(C)C. The van der Waals surface area contributed by atoms with Gasteiger partial charge in [0.2, 0.25) is 5.91 Å². The molecule has 0 aliphatic rings. The summed E-state index contributed by atoms with van der Waals surface area (Å²) in [4.78, 5) is 21.8. The summed E-state index contributed by atoms with van der Waals surface area (Å²) in [5, 5.41) is 10.4. The molecule has 0 unspecified atom stereocenters. The van der Waals surface area contributed by atoms with Gasteiger partial charge in [-0.05, 0) is 24.7 Å². The molecule has 1 atom stereocenters. The van der Waals surface area contributed by atoms with E-state index in [0.29, 0.717) is 5.56 Å². The van der Waals surface area contributed by atoms with Gasteiger partial charge < -0.3 is 0 Å². The van der Waals surface area contributed by atoms with Crippen LogP contribution < -0.4 is 4.72 Å². The van der Waals surface area contributed by atoms with E-state index in [1.807, 2.05) is 18.6 Å². The third-order valence-corrected chi connectivity index (χ3v) is 5.41. The Hall–Kier alpha value is -1.61. The molecular weight excluding hydrogens is 328 g/mol. The number of nitrogens with one attached hydrogen (secondary N) is 1. The van der Waals surface area contributed by atoms with Crippen LogP contribution in [0.4, 0.5) is 5.69 Å². The maximum Gasteiger partial charge on any atom is 0.270 e. The van der Waals surface area contributed by atoms with Gasteiger partial charge in [0, 0.05) is 12.1 Å². The van der Waals surface area contributed by atoms with Crippen molar-refractivity contribution >= 4 is 33.4 Å². The van der Waals surface area contributed by atoms with E-state index in [4.69, 9.17) is 0 Å². The van der Waals surface area contributed by atoms with Gasteiger partial charge in [-0.25, -0.2) is 13.1 Å². The summed E-state index contributed by atoms with van der Waals surface area (Å²) in [6.07, 6.45) is 0. The first-order valence-corrected chi connectivity index (χ1v) is 8.94. The van der Waals surface area contributed by atoms with Crippen LogP contribution in [0.1, 0.15) is 26.3 Å². The molecular formula is C13H18N2O5S2. The van der Waals surface area contributed by atoms with E-state index >= 15 is 0 Å². The van der Waals surface area contributed by atoms with E-state index in [0.717, 1.165) is 6.07 Å². The standard InChI is InChI=1S/C13H18N2O5S2/c1-8(2)21-10(4)13(16)14-22(19,20)12-7-11(15(17)18)6-5-9(12)3/h5-8,10H,1-4H3,(H,14,16)/t10-/m0/s1. The quantitative estimate of drug-likeness (QED) is 0.625. The lowest BCUT2D eigenvalue weighted by atomic mass is 10.2. The molecule has 0 heterocycles. The zero-order valence-corrected chi connectivity index (χ0v) is 14.3. The zero-order valence-electron chi connectivity index (χ0n) is 12.7. The highest BCUT2D eigenvalue weighted by molar-refractivity contribution is 8.01. The fraction of sp³-hybridized carbons (Fsp3) is 0.462. The maximum atomic E-state index is 12.3. The summed E-state index contributed by atoms with van der Waals surface area (Å²) in [5.41, 5.74) is -0.0157. The van der Waals surface area contributed by atoms with Crippen LogP contribution in [0.2, 0.25) is 0 Å². The van der Waals surface area contributed by atoms with Gasteiger partial charge in [0.25, 0.3) is 15.7 Å². The Balaban J connectivity index is 3.07. The summed E-state index contributed by atoms with van der Waals surface area (Å²) in [6, 6.07) is 3.50. The molecule has 1 aromatic rings. The minimum atomic E-state index is -4.14. The minimum Gasteiger partial charge on any atom is -0.273 e. The predicted octanol–water partition coefficient (Wildman–Crippen LogP) is 2.24. The Morgan fingerprint density at radius 2 is 1.91 bits per heavy atom. The molecule has 1 aromatic carbocycles. The number of aryl methyl sites for hydroxylation is 1. The third-order valence-electron chi connectivity index (χ3n) is 2.75. The van der Waals surface area contributed by atoms with Gasteiger partial charge in [-0.1, -0.05) is 19.9 Å². The minimum absolute atomic E-state index is 0.169. The first kappa shape index (κ1) is 18.4. The highest BCUT2D eigenvalue weighted by atomic mass is 32.2. The van der Waals surface area contributed by atoms with Crippen LogP contribution in [0.5, 0.6) is 0 Å². The van der Waals surface area contributed by atoms with Gasteiger partial charge in [0.15, 0.2) is 0 Å². The number of benzene rings is 1. The average molecular weight is 346 g/mol. The van der Waals surface area contributed by atoms with Crippen molar-refractivity contribution in [1.29, 1.82) is 0 Å². The van der Waals surface area contributed by atoms with Crippen LogP contribution in [0.25, 0.3) is 0 Å². The molecule has 1 N–H and O–H groups in total. The van der Waals surface area contributed by atoms with Crippen LogP contribution in [0.3, 0.4) is 0 Å². The lowest BCUT2D eigenvalue weighted by molar-refractivity contribution is -0.385. The molecule has 0 spiro atoms. The molecule has 9 heteroatoms. The van der Waals surface area contributed by atoms with E-state index in [2.05, 4.69) is 0 Å². The topological polar surface area (TPSA) is 106 Å². The molecule has 0 aliphatic carbocycles. The van der Waals surface area contributed by atoms with E-state index in [9.17, 15) is 23.3 Å². The van der Waals surface area contributed by atoms with Crippen molar-refractivity contribution in [2.45, 2.75) is 43.1 Å². The number of nitrogens with zero attached hydrogens (tertiary/aromatic N) is 1. The molecule has 7 nitrogen and oxygen atoms in total. The molecule has 1 rings (SSSR count). The summed E-state index contributed by atoms with van der Waals surface area (Å²) >= 11 is 1.33. The van der Waals surface area contributed by atoms with Gasteiger partial charge in [0.1, 0.15) is 0 Å². The maximum absolute atomic E-state index is 12.3. The molecule has 122 valence electrons. The normalized spacial score (nSPS) is 13.0. The van der Waals surface area contributed by atoms with Gasteiger partial charge in [0.05, 0.1) is 15.1 Å². The van der Waals surface area contributed by atoms with E-state index in [-0.39, 0.29) is 15.8 Å². The van der Waals surface area contributed by atoms with Crippen LogP contribution in [-0.4, -0.2) is 29.7 Å². The summed E-state index contributed by atoms with van der Waals surface area (Å²) in [7, 11) is -4.14. The fourth-order valence-electron chi connectivity index (χ4n) is 1.73. The molecule has 0 radical (unpaired) electrons. The van der Waals surface area contributed by atoms with Gasteiger partial charge >= 0.3 is 0 Å². The monoisotopic (exact) mass is 346 g/mol. The molecule has 0 fully saturated rings. The number of hydrogen-bond donors (Lipinski definition) is 1. The van der Waals surface area contributed by atoms with Crippen LogP contribution in [0, 0.1) is 17.0 Å². The summed E-state index contributed by atoms with van der Waals surface area (Å²) in [6.45, 7) is 6.91. The van der Waals surface area contributed by atoms with Crippen LogP contribution >= 0.6 is 11.8 Å². The molecule has 0 bridgehead atoms. The van der Waals surface area contributed by atoms with Gasteiger partial charge in [-0.15, -0.1) is 11.8 Å². The first-order chi connectivity index (χ1) is 10.0. The Morgan fingerprint density at radius 1 is 1.32 bits per heavy atom. The number of carbonyl (C=O) groups is 1. The Labute approximate surface area is 133 Å². The van der Waals surface area contributed by atoms with Crippen LogP contribution in [0.15, 0.2) is 23.1 Å². The summed E-state index contributed by atoms with van der Waals surface area (Å²) < 4.78 is 26.5. The fourth-order valence-corrected chi connectivity index (χ4v) is 4.13. The molecule has 0 saturated carbocycles. The lowest BCUT2D eigenvalue weighted by Gasteiger charge is -2.15. The van der Waals surface area contributed by atoms with E-state index in [1.54, 1.807) is 6.92 Å². The first-order valence-electron chi connectivity index (χ1n) is 6.51. The second-order valence-electron chi connectivity index (χ2n) is 5.00. The number of rotatable bonds is 6. The molecule has 0 saturated heterocycles. The average Bonchev–Trinajstić information content (AvgIpc) is 2.37. The van der Waals surface area contributed by atoms with Crippen molar-refractivity contribution in [2.24, 2.45) is 0 Å². The summed E-state index contributed by atoms with van der Waals surface area (Å²) in [5.74, 6) is -0.649. The zero-order chi connectivity index (χ0) is 17.1. The van der Waals surface area contributed by atoms with Crippen molar-refractivity contribution in [3.63, 3.8) is 0 Å². The Morgan fingerprint density at radius 3 is 2.41 bits per heavy atom.